The van der Waals surface area contributed by atoms with Crippen molar-refractivity contribution < 1.29 is 96.8 Å². The summed E-state index contributed by atoms with van der Waals surface area (Å²) in [6.45, 7) is 12.7. The summed E-state index contributed by atoms with van der Waals surface area (Å²) in [5, 5.41) is 57.5. The Balaban J connectivity index is 1.07. The summed E-state index contributed by atoms with van der Waals surface area (Å²) in [6, 6.07) is 3.24. The quantitative estimate of drug-likeness (QED) is 0.0443. The molecule has 39 heteroatoms. The molecule has 16 N–H and O–H groups in total. The molecule has 4 aliphatic heterocycles. The maximum absolute atomic E-state index is 15.7. The summed E-state index contributed by atoms with van der Waals surface area (Å²) in [6.07, 6.45) is 3.32. The molecule has 0 aliphatic carbocycles. The minimum Gasteiger partial charge on any atom is -0.508 e. The minimum absolute atomic E-state index is 0.000397. The topological polar surface area (TPSA) is 536 Å². The van der Waals surface area contributed by atoms with Crippen molar-refractivity contribution in [3.8, 4) is 5.75 Å². The molecule has 0 saturated carbocycles. The number of Topliss-reactive ketones (excluding diaryl/α,β-unsaturated/α-hetero) is 1. The van der Waals surface area contributed by atoms with Crippen molar-refractivity contribution in [2.75, 3.05) is 78.5 Å². The van der Waals surface area contributed by atoms with E-state index in [9.17, 15) is 63.3 Å². The van der Waals surface area contributed by atoms with E-state index in [0.29, 0.717) is 84.7 Å². The number of unbranched alkanes of at least 4 members (excludes halogenated alkanes) is 2. The van der Waals surface area contributed by atoms with Crippen LogP contribution in [0.1, 0.15) is 175 Å². The van der Waals surface area contributed by atoms with Crippen LogP contribution in [0.25, 0.3) is 21.8 Å². The van der Waals surface area contributed by atoms with Gasteiger partial charge >= 0.3 is 0 Å². The van der Waals surface area contributed by atoms with Gasteiger partial charge in [0.2, 0.25) is 94.5 Å². The molecule has 732 valence electrons. The maximum Gasteiger partial charge on any atom is 0.246 e. The number of rotatable bonds is 23. The number of carbonyl (C=O) groups is 17. The molecule has 0 radical (unpaired) electrons. The number of fused-ring (bicyclic) bond motifs is 4. The van der Waals surface area contributed by atoms with Crippen molar-refractivity contribution in [2.45, 2.75) is 256 Å². The molecule has 2 aromatic heterocycles. The largest absolute Gasteiger partial charge is 0.508 e. The number of aliphatic hydroxyl groups excluding tert-OH is 2. The lowest BCUT2D eigenvalue weighted by atomic mass is 9.90. The highest BCUT2D eigenvalue weighted by Gasteiger charge is 2.46. The van der Waals surface area contributed by atoms with Crippen LogP contribution in [0.15, 0.2) is 85.2 Å². The number of aliphatic hydroxyl groups is 2. The van der Waals surface area contributed by atoms with Gasteiger partial charge in [0.1, 0.15) is 72.2 Å². The number of phenols is 1. The zero-order chi connectivity index (χ0) is 97.9. The molecular weight excluding hydrogens is 1750 g/mol. The summed E-state index contributed by atoms with van der Waals surface area (Å²) in [5.41, 5.74) is 8.78. The first-order valence-corrected chi connectivity index (χ1v) is 47.9. The minimum atomic E-state index is -1.73. The van der Waals surface area contributed by atoms with E-state index in [2.05, 4.69) is 57.8 Å². The Morgan fingerprint density at radius 3 is 1.72 bits per heavy atom. The number of likely N-dealkylation sites (N-methyl/N-ethyl adjacent to an activating group) is 3. The number of H-pyrrole nitrogens is 2. The van der Waals surface area contributed by atoms with Crippen LogP contribution in [0.4, 0.5) is 0 Å². The number of aromatic nitrogens is 2. The molecule has 4 saturated heterocycles. The number of aromatic hydroxyl groups is 1. The fourth-order valence-corrected chi connectivity index (χ4v) is 18.6. The molecule has 0 bridgehead atoms. The van der Waals surface area contributed by atoms with Crippen molar-refractivity contribution in [1.29, 1.82) is 0 Å². The van der Waals surface area contributed by atoms with E-state index >= 15 is 33.6 Å². The molecule has 4 fully saturated rings. The fraction of sp³-hybridized carbons (Fsp3) is 0.589. The number of ketones is 1. The molecule has 9 rings (SSSR count). The monoisotopic (exact) mass is 1880 g/mol. The van der Waals surface area contributed by atoms with Crippen molar-refractivity contribution in [3.05, 3.63) is 102 Å². The molecule has 0 spiro atoms. The molecular formula is C95H136N18O20S. The molecule has 4 aliphatic rings. The normalized spacial score (nSPS) is 25.3. The van der Waals surface area contributed by atoms with Gasteiger partial charge in [-0.15, -0.1) is 11.8 Å². The van der Waals surface area contributed by atoms with Crippen LogP contribution >= 0.6 is 11.8 Å². The van der Waals surface area contributed by atoms with Crippen molar-refractivity contribution >= 4 is 134 Å². The average Bonchev–Trinajstić information content (AvgIpc) is 1.62. The first-order valence-electron chi connectivity index (χ1n) is 46.7. The third-order valence-electron chi connectivity index (χ3n) is 25.6. The molecule has 6 heterocycles. The number of nitrogens with one attached hydrogen (secondary N) is 11. The van der Waals surface area contributed by atoms with E-state index in [-0.39, 0.29) is 120 Å². The summed E-state index contributed by atoms with van der Waals surface area (Å²) in [5.74, 6) is -16.4. The number of piperidine rings is 1. The number of phenolic OH excluding ortho intramolecular Hbond substituents is 1. The van der Waals surface area contributed by atoms with Gasteiger partial charge in [-0.05, 0) is 130 Å². The van der Waals surface area contributed by atoms with E-state index in [0.717, 1.165) is 26.9 Å². The second-order valence-electron chi connectivity index (χ2n) is 36.6. The first-order chi connectivity index (χ1) is 63.8. The maximum atomic E-state index is 15.7. The number of nitrogens with zero attached hydrogens (tertiary/aromatic N) is 6. The van der Waals surface area contributed by atoms with Gasteiger partial charge in [-0.1, -0.05) is 123 Å². The number of nitrogens with two attached hydrogens (primary N) is 1. The van der Waals surface area contributed by atoms with Gasteiger partial charge < -0.3 is 108 Å². The van der Waals surface area contributed by atoms with E-state index in [4.69, 9.17) is 5.73 Å². The predicted octanol–water partition coefficient (Wildman–Crippen LogP) is 1.77. The van der Waals surface area contributed by atoms with Gasteiger partial charge in [-0.2, -0.15) is 0 Å². The number of hydrogen-bond donors (Lipinski definition) is 15. The Hall–Kier alpha value is -12.0. The van der Waals surface area contributed by atoms with Crippen LogP contribution in [0.2, 0.25) is 0 Å². The van der Waals surface area contributed by atoms with E-state index in [1.54, 1.807) is 59.1 Å². The van der Waals surface area contributed by atoms with Crippen LogP contribution in [-0.2, 0) is 101 Å². The van der Waals surface area contributed by atoms with Crippen molar-refractivity contribution in [3.63, 3.8) is 0 Å². The van der Waals surface area contributed by atoms with Gasteiger partial charge in [0.25, 0.3) is 0 Å². The molecule has 1 unspecified atom stereocenters. The zero-order valence-electron chi connectivity index (χ0n) is 78.6. The Labute approximate surface area is 785 Å². The number of para-hydroxylation sites is 2. The Kier molecular flexibility index (Phi) is 39.7. The van der Waals surface area contributed by atoms with Crippen molar-refractivity contribution in [1.82, 2.24) is 87.2 Å². The number of carbonyl (C=O) groups excluding carboxylic acids is 17. The highest BCUT2D eigenvalue weighted by molar-refractivity contribution is 8.00. The highest BCUT2D eigenvalue weighted by Crippen LogP contribution is 2.31. The third kappa shape index (κ3) is 29.0. The lowest BCUT2D eigenvalue weighted by Crippen LogP contribution is -2.60. The van der Waals surface area contributed by atoms with Gasteiger partial charge in [0.05, 0.1) is 37.4 Å². The molecule has 3 aromatic carbocycles. The smallest absolute Gasteiger partial charge is 0.246 e. The number of aromatic amines is 2. The Morgan fingerprint density at radius 1 is 0.560 bits per heavy atom. The van der Waals surface area contributed by atoms with Crippen LogP contribution in [0, 0.1) is 23.7 Å². The molecule has 16 amide bonds. The number of primary amides is 1. The van der Waals surface area contributed by atoms with Crippen LogP contribution in [0.3, 0.4) is 0 Å². The van der Waals surface area contributed by atoms with E-state index in [1.807, 2.05) is 50.2 Å². The van der Waals surface area contributed by atoms with Crippen LogP contribution in [0.5, 0.6) is 5.75 Å². The summed E-state index contributed by atoms with van der Waals surface area (Å²) in [4.78, 5) is 265. The standard InChI is InChI=1S/C95H136N18O20S/c1-12-15-26-75-89(127)104-69(38-54(4)5)88(126)107-74(86(124)100-49-83(121)111-36-33-58(51-114)34-37-111)52-134-53-82(120)102-71(40-57-29-31-62(115)32-30-57)91(129)108(9)56(8)84(122)105-73(45-80(96)118)93(131)112-35-21-28-76(112)90(128)103-66(14-3)87(125)106-70(39-55(6)7)94(132)113-50-63(116)44-78(113)79(117)43-59(41-60-46-97-67-24-19-17-22-64(60)67)85(123)99-48-81(119)101-72(42-61-47-98-68-25-20-18-23-65(61)68)92(130)110(11)77(27-16-13-2)95(133)109(75)10/h17-20,22-25,29-32,46-47,54-56,58-59,63,66,69-78,97-98,114-116H,12-16,21,26-28,33-45,48-53H2,1-11H3,(H2,96,118)(H,99,123)(H,100,124)(H,101,119)(H,102,120)(H,103,128)(H,104,127)(H,105,122)(H,106,125)(H,107,126)/t56-,59+,63+,66-,69-,70-,71-,72?,73-,74-,75-,76-,77-,78-/m0/s1. The number of amides is 16. The molecule has 134 heavy (non-hydrogen) atoms. The van der Waals surface area contributed by atoms with E-state index in [1.165, 1.54) is 71.9 Å². The Morgan fingerprint density at radius 2 is 1.11 bits per heavy atom. The Bertz CT molecular complexity index is 4980. The van der Waals surface area contributed by atoms with Gasteiger partial charge in [0.15, 0.2) is 5.78 Å². The number of hydrogen-bond acceptors (Lipinski definition) is 21. The highest BCUT2D eigenvalue weighted by atomic mass is 32.2. The summed E-state index contributed by atoms with van der Waals surface area (Å²) in [7, 11) is 4.09. The van der Waals surface area contributed by atoms with Gasteiger partial charge in [-0.3, -0.25) is 81.5 Å². The first kappa shape index (κ1) is 106. The SMILES string of the molecule is CCCC[C@H]1C(=O)N(C)[C@@H](CCCC)C(=O)N[C@@H](CC(C)C)C(=O)N[C@H](C(=O)NCC(=O)N2CCC(CO)CC2)CSCC(=O)N[C@@H](Cc2ccc(O)cc2)C(=O)N(C)[C@@H](C)C(=O)N[C@@H](CC(N)=O)C(=O)N2CCC[C@H]2C(=O)N[C@@H](CC)C(=O)N[C@@H](CC(C)C)C(=O)N2C[C@H](O)C[C@H]2C(=O)C[C@@H](Cc2c[nH]c3ccccc23)C(=O)NCC(=O)NC(Cc2c[nH]c3ccccc23)C(=O)N1C. The molecule has 38 nitrogen and oxygen atoms in total. The average molecular weight is 1880 g/mol. The zero-order valence-corrected chi connectivity index (χ0v) is 79.5. The number of likely N-dealkylation sites (tertiary alicyclic amines) is 1. The second-order valence-corrected chi connectivity index (χ2v) is 37.7. The molecule has 14 atom stereocenters. The number of benzene rings is 3. The van der Waals surface area contributed by atoms with Crippen LogP contribution in [-0.4, -0.2) is 312 Å². The van der Waals surface area contributed by atoms with Gasteiger partial charge in [0, 0.05) is 125 Å². The van der Waals surface area contributed by atoms with E-state index < -0.39 is 217 Å². The van der Waals surface area contributed by atoms with Gasteiger partial charge in [-0.25, -0.2) is 0 Å². The van der Waals surface area contributed by atoms with Crippen LogP contribution < -0.4 is 53.6 Å². The number of thioether (sulfide) groups is 1. The third-order valence-corrected chi connectivity index (χ3v) is 26.6. The van der Waals surface area contributed by atoms with Crippen molar-refractivity contribution in [2.24, 2.45) is 29.4 Å². The second kappa shape index (κ2) is 50.4. The molecule has 5 aromatic rings. The summed E-state index contributed by atoms with van der Waals surface area (Å²) < 4.78 is 0. The lowest BCUT2D eigenvalue weighted by Gasteiger charge is -2.36. The predicted molar refractivity (Wildman–Crippen MR) is 500 cm³/mol. The lowest BCUT2D eigenvalue weighted by molar-refractivity contribution is -0.149. The fourth-order valence-electron chi connectivity index (χ4n) is 17.8. The summed E-state index contributed by atoms with van der Waals surface area (Å²) >= 11 is 0.840.